The second-order valence-electron chi connectivity index (χ2n) is 6.00. The van der Waals surface area contributed by atoms with Gasteiger partial charge in [-0.15, -0.1) is 0 Å². The number of anilines is 1. The smallest absolute Gasteiger partial charge is 0.255 e. The van der Waals surface area contributed by atoms with Crippen molar-refractivity contribution in [1.82, 2.24) is 10.6 Å². The molecule has 0 radical (unpaired) electrons. The first-order valence-electron chi connectivity index (χ1n) is 8.56. The first-order chi connectivity index (χ1) is 13.0. The van der Waals surface area contributed by atoms with Crippen molar-refractivity contribution in [3.63, 3.8) is 0 Å². The lowest BCUT2D eigenvalue weighted by Crippen LogP contribution is -2.45. The number of allylic oxidation sites excluding steroid dienone is 1. The molecule has 0 spiro atoms. The Hall–Kier alpha value is -2.57. The number of rotatable bonds is 5. The van der Waals surface area contributed by atoms with Crippen molar-refractivity contribution in [3.05, 3.63) is 70.4 Å². The van der Waals surface area contributed by atoms with Gasteiger partial charge in [-0.25, -0.2) is 0 Å². The van der Waals surface area contributed by atoms with Gasteiger partial charge in [0, 0.05) is 10.7 Å². The molecular formula is C20H20ClN3O2S. The van der Waals surface area contributed by atoms with E-state index in [0.29, 0.717) is 39.4 Å². The van der Waals surface area contributed by atoms with Crippen molar-refractivity contribution in [1.29, 1.82) is 0 Å². The molecule has 0 fully saturated rings. The molecule has 0 unspecified atom stereocenters. The highest BCUT2D eigenvalue weighted by atomic mass is 35.5. The molecule has 7 heteroatoms. The fraction of sp³-hybridized carbons (Fsp3) is 0.200. The maximum Gasteiger partial charge on any atom is 0.255 e. The Labute approximate surface area is 168 Å². The van der Waals surface area contributed by atoms with Gasteiger partial charge in [-0.2, -0.15) is 0 Å². The topological polar surface area (TPSA) is 62.4 Å². The number of hydrogen-bond acceptors (Lipinski definition) is 3. The van der Waals surface area contributed by atoms with Gasteiger partial charge in [0.2, 0.25) is 0 Å². The molecule has 1 aliphatic heterocycles. The Morgan fingerprint density at radius 2 is 1.93 bits per heavy atom. The summed E-state index contributed by atoms with van der Waals surface area (Å²) >= 11 is 11.3. The minimum absolute atomic E-state index is 0.234. The second-order valence-corrected chi connectivity index (χ2v) is 6.85. The maximum absolute atomic E-state index is 13.1. The third-order valence-corrected chi connectivity index (χ3v) is 4.62. The number of benzene rings is 2. The lowest BCUT2D eigenvalue weighted by atomic mass is 9.95. The average Bonchev–Trinajstić information content (AvgIpc) is 2.63. The number of thiocarbonyl (C=S) groups is 1. The van der Waals surface area contributed by atoms with Crippen LogP contribution in [0.1, 0.15) is 25.5 Å². The molecule has 0 aliphatic carbocycles. The van der Waals surface area contributed by atoms with Gasteiger partial charge in [-0.1, -0.05) is 35.9 Å². The van der Waals surface area contributed by atoms with Gasteiger partial charge in [-0.05, 0) is 55.9 Å². The summed E-state index contributed by atoms with van der Waals surface area (Å²) < 4.78 is 5.60. The van der Waals surface area contributed by atoms with Gasteiger partial charge in [-0.3, -0.25) is 4.79 Å². The molecule has 2 aromatic carbocycles. The molecule has 1 aliphatic rings. The molecule has 0 aromatic heterocycles. The van der Waals surface area contributed by atoms with Crippen LogP contribution in [0.3, 0.4) is 0 Å². The Morgan fingerprint density at radius 1 is 1.22 bits per heavy atom. The minimum Gasteiger partial charge on any atom is -0.492 e. The zero-order valence-corrected chi connectivity index (χ0v) is 16.6. The van der Waals surface area contributed by atoms with Crippen molar-refractivity contribution in [2.75, 3.05) is 11.9 Å². The van der Waals surface area contributed by atoms with Crippen LogP contribution in [0.25, 0.3) is 0 Å². The van der Waals surface area contributed by atoms with Crippen molar-refractivity contribution in [2.45, 2.75) is 19.9 Å². The van der Waals surface area contributed by atoms with E-state index in [1.165, 1.54) is 0 Å². The van der Waals surface area contributed by atoms with E-state index in [4.69, 9.17) is 28.6 Å². The van der Waals surface area contributed by atoms with Crippen LogP contribution in [0.4, 0.5) is 5.69 Å². The highest BCUT2D eigenvalue weighted by Crippen LogP contribution is 2.30. The molecule has 140 valence electrons. The average molecular weight is 402 g/mol. The van der Waals surface area contributed by atoms with Crippen LogP contribution in [0.5, 0.6) is 5.75 Å². The SMILES string of the molecule is CCOc1ccccc1NC(=O)C1=C(C)NC(=S)N[C@@H]1c1ccc(Cl)cc1. The summed E-state index contributed by atoms with van der Waals surface area (Å²) in [6, 6.07) is 14.3. The van der Waals surface area contributed by atoms with Gasteiger partial charge in [0.15, 0.2) is 5.11 Å². The summed E-state index contributed by atoms with van der Waals surface area (Å²) in [4.78, 5) is 13.1. The summed E-state index contributed by atoms with van der Waals surface area (Å²) in [5, 5.41) is 10.2. The number of halogens is 1. The number of carbonyl (C=O) groups excluding carboxylic acids is 1. The van der Waals surface area contributed by atoms with Crippen molar-refractivity contribution in [3.8, 4) is 5.75 Å². The molecular weight excluding hydrogens is 382 g/mol. The summed E-state index contributed by atoms with van der Waals surface area (Å²) in [5.41, 5.74) is 2.76. The fourth-order valence-electron chi connectivity index (χ4n) is 2.94. The predicted molar refractivity (Wildman–Crippen MR) is 112 cm³/mol. The molecule has 27 heavy (non-hydrogen) atoms. The van der Waals surface area contributed by atoms with E-state index < -0.39 is 0 Å². The molecule has 1 amide bonds. The monoisotopic (exact) mass is 401 g/mol. The highest BCUT2D eigenvalue weighted by molar-refractivity contribution is 7.80. The second kappa shape index (κ2) is 8.41. The Kier molecular flexibility index (Phi) is 5.98. The van der Waals surface area contributed by atoms with Gasteiger partial charge in [0.25, 0.3) is 5.91 Å². The molecule has 0 saturated carbocycles. The molecule has 2 aromatic rings. The van der Waals surface area contributed by atoms with Gasteiger partial charge >= 0.3 is 0 Å². The predicted octanol–water partition coefficient (Wildman–Crippen LogP) is 4.17. The van der Waals surface area contributed by atoms with E-state index in [2.05, 4.69) is 16.0 Å². The summed E-state index contributed by atoms with van der Waals surface area (Å²) in [6.07, 6.45) is 0. The van der Waals surface area contributed by atoms with Crippen LogP contribution < -0.4 is 20.7 Å². The Bertz CT molecular complexity index is 896. The number of para-hydroxylation sites is 2. The molecule has 0 bridgehead atoms. The van der Waals surface area contributed by atoms with Gasteiger partial charge in [0.05, 0.1) is 23.9 Å². The van der Waals surface area contributed by atoms with Crippen LogP contribution in [0, 0.1) is 0 Å². The zero-order chi connectivity index (χ0) is 19.4. The van der Waals surface area contributed by atoms with Crippen molar-refractivity contribution < 1.29 is 9.53 Å². The van der Waals surface area contributed by atoms with E-state index in [-0.39, 0.29) is 11.9 Å². The van der Waals surface area contributed by atoms with Gasteiger partial charge in [0.1, 0.15) is 5.75 Å². The summed E-state index contributed by atoms with van der Waals surface area (Å²) in [6.45, 7) is 4.25. The van der Waals surface area contributed by atoms with Crippen LogP contribution in [0.2, 0.25) is 5.02 Å². The third kappa shape index (κ3) is 4.40. The van der Waals surface area contributed by atoms with Crippen LogP contribution >= 0.6 is 23.8 Å². The first-order valence-corrected chi connectivity index (χ1v) is 9.35. The van der Waals surface area contributed by atoms with Crippen LogP contribution in [-0.4, -0.2) is 17.6 Å². The zero-order valence-electron chi connectivity index (χ0n) is 15.0. The largest absolute Gasteiger partial charge is 0.492 e. The maximum atomic E-state index is 13.1. The van der Waals surface area contributed by atoms with E-state index in [1.54, 1.807) is 12.1 Å². The Balaban J connectivity index is 1.93. The molecule has 1 heterocycles. The molecule has 0 saturated heterocycles. The summed E-state index contributed by atoms with van der Waals surface area (Å²) in [7, 11) is 0. The van der Waals surface area contributed by atoms with E-state index in [1.807, 2.05) is 50.2 Å². The lowest BCUT2D eigenvalue weighted by Gasteiger charge is -2.30. The van der Waals surface area contributed by atoms with Crippen molar-refractivity contribution >= 4 is 40.5 Å². The normalized spacial score (nSPS) is 16.4. The minimum atomic E-state index is -0.379. The van der Waals surface area contributed by atoms with E-state index in [9.17, 15) is 4.79 Å². The molecule has 3 N–H and O–H groups in total. The number of carbonyl (C=O) groups is 1. The van der Waals surface area contributed by atoms with Crippen LogP contribution in [0.15, 0.2) is 59.8 Å². The van der Waals surface area contributed by atoms with Crippen molar-refractivity contribution in [2.24, 2.45) is 0 Å². The Morgan fingerprint density at radius 3 is 2.63 bits per heavy atom. The number of ether oxygens (including phenoxy) is 1. The number of nitrogens with one attached hydrogen (secondary N) is 3. The number of hydrogen-bond donors (Lipinski definition) is 3. The van der Waals surface area contributed by atoms with E-state index >= 15 is 0 Å². The number of amides is 1. The quantitative estimate of drug-likeness (QED) is 0.656. The molecule has 3 rings (SSSR count). The van der Waals surface area contributed by atoms with Gasteiger partial charge < -0.3 is 20.7 Å². The van der Waals surface area contributed by atoms with E-state index in [0.717, 1.165) is 5.56 Å². The standard InChI is InChI=1S/C20H20ClN3O2S/c1-3-26-16-7-5-4-6-15(16)23-19(25)17-12(2)22-20(27)24-18(17)13-8-10-14(21)11-9-13/h4-11,18H,3H2,1-2H3,(H,23,25)(H2,22,24,27)/t18-/m1/s1. The molecule has 5 nitrogen and oxygen atoms in total. The summed E-state index contributed by atoms with van der Waals surface area (Å²) in [5.74, 6) is 0.393. The van der Waals surface area contributed by atoms with Crippen LogP contribution in [-0.2, 0) is 4.79 Å². The molecule has 1 atom stereocenters. The fourth-order valence-corrected chi connectivity index (χ4v) is 3.34. The highest BCUT2D eigenvalue weighted by Gasteiger charge is 2.30. The lowest BCUT2D eigenvalue weighted by molar-refractivity contribution is -0.113. The first kappa shape index (κ1) is 19.2. The third-order valence-electron chi connectivity index (χ3n) is 4.15.